The molecule has 1 amide bonds. The molecule has 1 aliphatic heterocycles. The largest absolute Gasteiger partial charge is 0.480 e. The average molecular weight is 295 g/mol. The van der Waals surface area contributed by atoms with Crippen LogP contribution in [0.15, 0.2) is 12.5 Å². The summed E-state index contributed by atoms with van der Waals surface area (Å²) in [5, 5.41) is 11.7. The molecule has 8 heteroatoms. The zero-order valence-electron chi connectivity index (χ0n) is 11.8. The highest BCUT2D eigenvalue weighted by atomic mass is 16.4. The van der Waals surface area contributed by atoms with Crippen LogP contribution in [0.4, 0.5) is 0 Å². The van der Waals surface area contributed by atoms with E-state index < -0.39 is 12.0 Å². The molecular weight excluding hydrogens is 274 g/mol. The minimum absolute atomic E-state index is 0.186. The van der Waals surface area contributed by atoms with E-state index in [4.69, 9.17) is 5.73 Å². The molecule has 2 rings (SSSR count). The van der Waals surface area contributed by atoms with E-state index >= 15 is 0 Å². The topological polar surface area (TPSA) is 124 Å². The van der Waals surface area contributed by atoms with Crippen LogP contribution in [-0.4, -0.2) is 63.6 Å². The van der Waals surface area contributed by atoms with Crippen molar-refractivity contribution in [1.82, 2.24) is 20.2 Å². The molecule has 1 fully saturated rings. The number of H-pyrrole nitrogens is 1. The third-order valence-electron chi connectivity index (χ3n) is 3.61. The molecule has 1 saturated heterocycles. The van der Waals surface area contributed by atoms with Gasteiger partial charge in [-0.1, -0.05) is 0 Å². The van der Waals surface area contributed by atoms with Crippen molar-refractivity contribution >= 4 is 11.9 Å². The molecule has 1 aliphatic rings. The molecule has 0 aromatic carbocycles. The van der Waals surface area contributed by atoms with Gasteiger partial charge in [-0.15, -0.1) is 0 Å². The molecule has 0 aliphatic carbocycles. The lowest BCUT2D eigenvalue weighted by Crippen LogP contribution is -2.49. The molecule has 1 unspecified atom stereocenters. The van der Waals surface area contributed by atoms with E-state index in [1.165, 1.54) is 6.33 Å². The molecule has 1 aromatic heterocycles. The fourth-order valence-electron chi connectivity index (χ4n) is 2.37. The maximum absolute atomic E-state index is 12.0. The number of imidazole rings is 1. The number of nitrogens with one attached hydrogen (secondary N) is 2. The number of piperidine rings is 1. The molecule has 2 heterocycles. The Labute approximate surface area is 122 Å². The monoisotopic (exact) mass is 295 g/mol. The minimum atomic E-state index is -1.06. The summed E-state index contributed by atoms with van der Waals surface area (Å²) in [4.78, 5) is 31.8. The predicted molar refractivity (Wildman–Crippen MR) is 75.5 cm³/mol. The van der Waals surface area contributed by atoms with Gasteiger partial charge in [-0.05, 0) is 12.8 Å². The molecule has 21 heavy (non-hydrogen) atoms. The summed E-state index contributed by atoms with van der Waals surface area (Å²) < 4.78 is 0. The summed E-state index contributed by atoms with van der Waals surface area (Å²) in [7, 11) is 0. The number of aromatic nitrogens is 2. The van der Waals surface area contributed by atoms with Gasteiger partial charge in [-0.2, -0.15) is 0 Å². The molecule has 1 atom stereocenters. The number of nitrogens with two attached hydrogens (primary N) is 1. The van der Waals surface area contributed by atoms with Crippen LogP contribution in [-0.2, 0) is 16.0 Å². The zero-order valence-corrected chi connectivity index (χ0v) is 11.8. The Balaban J connectivity index is 1.82. The second kappa shape index (κ2) is 7.19. The smallest absolute Gasteiger partial charge is 0.326 e. The Bertz CT molecular complexity index is 468. The van der Waals surface area contributed by atoms with Gasteiger partial charge < -0.3 is 21.1 Å². The molecule has 1 aromatic rings. The summed E-state index contributed by atoms with van der Waals surface area (Å²) in [6, 6.07) is -0.749. The van der Waals surface area contributed by atoms with Crippen molar-refractivity contribution in [1.29, 1.82) is 0 Å². The Kier molecular flexibility index (Phi) is 5.29. The van der Waals surface area contributed by atoms with Crippen LogP contribution in [0.5, 0.6) is 0 Å². The van der Waals surface area contributed by atoms with Crippen molar-refractivity contribution < 1.29 is 14.7 Å². The fourth-order valence-corrected chi connectivity index (χ4v) is 2.37. The van der Waals surface area contributed by atoms with Crippen LogP contribution in [0.3, 0.4) is 0 Å². The van der Waals surface area contributed by atoms with Crippen molar-refractivity contribution in [2.75, 3.05) is 19.6 Å². The number of carboxylic acid groups (broad SMARTS) is 1. The molecule has 0 saturated carbocycles. The number of likely N-dealkylation sites (tertiary alicyclic amines) is 1. The number of carboxylic acids is 1. The van der Waals surface area contributed by atoms with Gasteiger partial charge in [0.05, 0.1) is 12.9 Å². The van der Waals surface area contributed by atoms with Crippen molar-refractivity contribution in [3.05, 3.63) is 18.2 Å². The van der Waals surface area contributed by atoms with E-state index in [-0.39, 0.29) is 24.9 Å². The first-order valence-corrected chi connectivity index (χ1v) is 7.02. The van der Waals surface area contributed by atoms with Crippen LogP contribution in [0, 0.1) is 0 Å². The zero-order chi connectivity index (χ0) is 15.2. The number of nitrogens with zero attached hydrogens (tertiary/aromatic N) is 2. The second-order valence-electron chi connectivity index (χ2n) is 5.35. The molecular formula is C13H21N5O3. The van der Waals surface area contributed by atoms with Gasteiger partial charge in [0.25, 0.3) is 0 Å². The maximum Gasteiger partial charge on any atom is 0.326 e. The Morgan fingerprint density at radius 1 is 1.52 bits per heavy atom. The standard InChI is InChI=1S/C13H21N5O3/c14-9-1-3-18(4-2-9)7-12(19)17-11(13(20)21)5-10-6-15-8-16-10/h6,8-9,11H,1-5,7,14H2,(H,15,16)(H,17,19)(H,20,21). The number of aromatic amines is 1. The fraction of sp³-hybridized carbons (Fsp3) is 0.615. The first-order valence-electron chi connectivity index (χ1n) is 7.02. The summed E-state index contributed by atoms with van der Waals surface area (Å²) in [5.41, 5.74) is 6.48. The highest BCUT2D eigenvalue weighted by molar-refractivity contribution is 5.84. The Hall–Kier alpha value is -1.93. The van der Waals surface area contributed by atoms with Crippen molar-refractivity contribution in [3.63, 3.8) is 0 Å². The van der Waals surface area contributed by atoms with E-state index in [1.807, 2.05) is 4.90 Å². The number of rotatable bonds is 6. The number of aliphatic carboxylic acids is 1. The lowest BCUT2D eigenvalue weighted by molar-refractivity contribution is -0.142. The summed E-state index contributed by atoms with van der Waals surface area (Å²) in [6.07, 6.45) is 4.95. The summed E-state index contributed by atoms with van der Waals surface area (Å²) >= 11 is 0. The first-order chi connectivity index (χ1) is 10.0. The number of carbonyl (C=O) groups excluding carboxylic acids is 1. The van der Waals surface area contributed by atoms with Gasteiger partial charge >= 0.3 is 5.97 Å². The maximum atomic E-state index is 12.0. The Morgan fingerprint density at radius 2 is 2.24 bits per heavy atom. The van der Waals surface area contributed by atoms with E-state index in [9.17, 15) is 14.7 Å². The molecule has 116 valence electrons. The van der Waals surface area contributed by atoms with Gasteiger partial charge in [0.2, 0.25) is 5.91 Å². The molecule has 0 radical (unpaired) electrons. The number of hydrogen-bond donors (Lipinski definition) is 4. The third-order valence-corrected chi connectivity index (χ3v) is 3.61. The van der Waals surface area contributed by atoms with Gasteiger partial charge in [0.15, 0.2) is 0 Å². The predicted octanol–water partition coefficient (Wildman–Crippen LogP) is -1.06. The van der Waals surface area contributed by atoms with Crippen LogP contribution in [0.1, 0.15) is 18.5 Å². The summed E-state index contributed by atoms with van der Waals surface area (Å²) in [6.45, 7) is 1.75. The van der Waals surface area contributed by atoms with Gasteiger partial charge in [-0.3, -0.25) is 9.69 Å². The second-order valence-corrected chi connectivity index (χ2v) is 5.35. The summed E-state index contributed by atoms with van der Waals surface area (Å²) in [5.74, 6) is -1.34. The van der Waals surface area contributed by atoms with Crippen LogP contribution in [0.2, 0.25) is 0 Å². The van der Waals surface area contributed by atoms with Crippen molar-refractivity contribution in [2.45, 2.75) is 31.3 Å². The van der Waals surface area contributed by atoms with Gasteiger partial charge in [-0.25, -0.2) is 9.78 Å². The van der Waals surface area contributed by atoms with E-state index in [1.54, 1.807) is 6.20 Å². The lowest BCUT2D eigenvalue weighted by atomic mass is 10.1. The average Bonchev–Trinajstić information content (AvgIpc) is 2.93. The number of amides is 1. The van der Waals surface area contributed by atoms with Crippen molar-refractivity contribution in [3.8, 4) is 0 Å². The van der Waals surface area contributed by atoms with Crippen LogP contribution < -0.4 is 11.1 Å². The quantitative estimate of drug-likeness (QED) is 0.530. The molecule has 0 spiro atoms. The molecule has 8 nitrogen and oxygen atoms in total. The first kappa shape index (κ1) is 15.5. The van der Waals surface area contributed by atoms with E-state index in [0.717, 1.165) is 25.9 Å². The number of carbonyl (C=O) groups is 2. The highest BCUT2D eigenvalue weighted by Gasteiger charge is 2.23. The normalized spacial score (nSPS) is 18.3. The lowest BCUT2D eigenvalue weighted by Gasteiger charge is -2.29. The minimum Gasteiger partial charge on any atom is -0.480 e. The van der Waals surface area contributed by atoms with Crippen LogP contribution in [0.25, 0.3) is 0 Å². The highest BCUT2D eigenvalue weighted by Crippen LogP contribution is 2.07. The third kappa shape index (κ3) is 4.83. The van der Waals surface area contributed by atoms with E-state index in [0.29, 0.717) is 5.69 Å². The van der Waals surface area contributed by atoms with Crippen LogP contribution >= 0.6 is 0 Å². The Morgan fingerprint density at radius 3 is 2.81 bits per heavy atom. The SMILES string of the molecule is NC1CCN(CC(=O)NC(Cc2cnc[nH]2)C(=O)O)CC1. The molecule has 5 N–H and O–H groups in total. The molecule has 0 bridgehead atoms. The van der Waals surface area contributed by atoms with Gasteiger partial charge in [0.1, 0.15) is 6.04 Å². The number of hydrogen-bond acceptors (Lipinski definition) is 5. The van der Waals surface area contributed by atoms with E-state index in [2.05, 4.69) is 15.3 Å². The van der Waals surface area contributed by atoms with Crippen molar-refractivity contribution in [2.24, 2.45) is 5.73 Å². The van der Waals surface area contributed by atoms with Gasteiger partial charge in [0, 0.05) is 37.4 Å².